The van der Waals surface area contributed by atoms with Crippen molar-refractivity contribution in [3.8, 4) is 0 Å². The Morgan fingerprint density at radius 2 is 2.33 bits per heavy atom. The van der Waals surface area contributed by atoms with Gasteiger partial charge in [-0.25, -0.2) is 4.39 Å². The lowest BCUT2D eigenvalue weighted by atomic mass is 10.2. The molecule has 0 fully saturated rings. The molecule has 2 rings (SSSR count). The molecule has 1 aromatic carbocycles. The van der Waals surface area contributed by atoms with Crippen LogP contribution in [-0.4, -0.2) is 16.0 Å². The van der Waals surface area contributed by atoms with Crippen molar-refractivity contribution in [3.05, 3.63) is 45.8 Å². The zero-order valence-corrected chi connectivity index (χ0v) is 11.0. The summed E-state index contributed by atoms with van der Waals surface area (Å²) < 4.78 is 18.6. The van der Waals surface area contributed by atoms with Crippen molar-refractivity contribution in [1.29, 1.82) is 0 Å². The molecular weight excluding hydrogens is 305 g/mol. The molecule has 7 heteroatoms. The van der Waals surface area contributed by atoms with Gasteiger partial charge in [-0.1, -0.05) is 11.2 Å². The Labute approximate surface area is 111 Å². The molecule has 1 N–H and O–H groups in total. The van der Waals surface area contributed by atoms with Gasteiger partial charge in [-0.05, 0) is 28.1 Å². The SMILES string of the molecule is Cc1nc(CNC(=O)c2c(F)cccc2Br)no1. The second kappa shape index (κ2) is 5.26. The van der Waals surface area contributed by atoms with Crippen LogP contribution in [0.3, 0.4) is 0 Å². The molecule has 0 saturated carbocycles. The smallest absolute Gasteiger partial charge is 0.255 e. The second-order valence-corrected chi connectivity index (χ2v) is 4.36. The van der Waals surface area contributed by atoms with E-state index in [0.717, 1.165) is 0 Å². The number of aromatic nitrogens is 2. The van der Waals surface area contributed by atoms with Crippen molar-refractivity contribution < 1.29 is 13.7 Å². The van der Waals surface area contributed by atoms with Gasteiger partial charge in [-0.2, -0.15) is 4.98 Å². The van der Waals surface area contributed by atoms with Crippen LogP contribution >= 0.6 is 15.9 Å². The van der Waals surface area contributed by atoms with E-state index in [0.29, 0.717) is 16.2 Å². The Morgan fingerprint density at radius 3 is 2.94 bits per heavy atom. The van der Waals surface area contributed by atoms with E-state index in [1.165, 1.54) is 12.1 Å². The van der Waals surface area contributed by atoms with Crippen molar-refractivity contribution in [2.24, 2.45) is 0 Å². The number of hydrogen-bond donors (Lipinski definition) is 1. The van der Waals surface area contributed by atoms with E-state index in [9.17, 15) is 9.18 Å². The number of nitrogens with one attached hydrogen (secondary N) is 1. The highest BCUT2D eigenvalue weighted by Crippen LogP contribution is 2.19. The second-order valence-electron chi connectivity index (χ2n) is 3.51. The van der Waals surface area contributed by atoms with Crippen molar-refractivity contribution in [2.45, 2.75) is 13.5 Å². The minimum atomic E-state index is -0.592. The first-order valence-electron chi connectivity index (χ1n) is 5.09. The van der Waals surface area contributed by atoms with Gasteiger partial charge in [-0.3, -0.25) is 4.79 Å². The molecule has 0 unspecified atom stereocenters. The van der Waals surface area contributed by atoms with Gasteiger partial charge in [-0.15, -0.1) is 0 Å². The lowest BCUT2D eigenvalue weighted by molar-refractivity contribution is 0.0945. The van der Waals surface area contributed by atoms with E-state index in [1.807, 2.05) is 0 Å². The first-order chi connectivity index (χ1) is 8.58. The molecular formula is C11H9BrFN3O2. The van der Waals surface area contributed by atoms with Crippen LogP contribution in [0.25, 0.3) is 0 Å². The summed E-state index contributed by atoms with van der Waals surface area (Å²) in [5.74, 6) is -0.381. The molecule has 1 amide bonds. The Bertz CT molecular complexity index is 565. The lowest BCUT2D eigenvalue weighted by Gasteiger charge is -2.05. The van der Waals surface area contributed by atoms with Crippen molar-refractivity contribution >= 4 is 21.8 Å². The molecule has 0 aliphatic carbocycles. The van der Waals surface area contributed by atoms with Crippen molar-refractivity contribution in [3.63, 3.8) is 0 Å². The molecule has 1 aromatic heterocycles. The minimum absolute atomic E-state index is 0.0438. The number of carbonyl (C=O) groups is 1. The number of nitrogens with zero attached hydrogens (tertiary/aromatic N) is 2. The molecule has 0 aliphatic rings. The molecule has 0 aliphatic heterocycles. The number of hydrogen-bond acceptors (Lipinski definition) is 4. The van der Waals surface area contributed by atoms with Crippen LogP contribution in [0.4, 0.5) is 4.39 Å². The fraction of sp³-hybridized carbons (Fsp3) is 0.182. The fourth-order valence-electron chi connectivity index (χ4n) is 1.38. The lowest BCUT2D eigenvalue weighted by Crippen LogP contribution is -2.24. The molecule has 0 atom stereocenters. The molecule has 0 spiro atoms. The summed E-state index contributed by atoms with van der Waals surface area (Å²) in [5, 5.41) is 6.14. The molecule has 5 nitrogen and oxygen atoms in total. The molecule has 94 valence electrons. The average molecular weight is 314 g/mol. The van der Waals surface area contributed by atoms with Gasteiger partial charge < -0.3 is 9.84 Å². The predicted molar refractivity (Wildman–Crippen MR) is 64.3 cm³/mol. The molecule has 2 aromatic rings. The Kier molecular flexibility index (Phi) is 3.71. The summed E-state index contributed by atoms with van der Waals surface area (Å²) in [6.45, 7) is 1.72. The fourth-order valence-corrected chi connectivity index (χ4v) is 1.90. The highest BCUT2D eigenvalue weighted by atomic mass is 79.9. The first kappa shape index (κ1) is 12.7. The molecule has 1 heterocycles. The van der Waals surface area contributed by atoms with Crippen molar-refractivity contribution in [1.82, 2.24) is 15.5 Å². The van der Waals surface area contributed by atoms with Crippen LogP contribution in [0.15, 0.2) is 27.2 Å². The van der Waals surface area contributed by atoms with Gasteiger partial charge in [0.2, 0.25) is 5.89 Å². The Morgan fingerprint density at radius 1 is 1.56 bits per heavy atom. The van der Waals surface area contributed by atoms with Crippen LogP contribution in [-0.2, 0) is 6.54 Å². The third kappa shape index (κ3) is 2.73. The van der Waals surface area contributed by atoms with Crippen LogP contribution in [0, 0.1) is 12.7 Å². The van der Waals surface area contributed by atoms with Crippen LogP contribution in [0.5, 0.6) is 0 Å². The summed E-state index contributed by atoms with van der Waals surface area (Å²) >= 11 is 3.13. The van der Waals surface area contributed by atoms with E-state index >= 15 is 0 Å². The van der Waals surface area contributed by atoms with Gasteiger partial charge in [0.05, 0.1) is 12.1 Å². The third-order valence-electron chi connectivity index (χ3n) is 2.17. The van der Waals surface area contributed by atoms with Gasteiger partial charge in [0.1, 0.15) is 5.82 Å². The van der Waals surface area contributed by atoms with E-state index in [-0.39, 0.29) is 12.1 Å². The maximum atomic E-state index is 13.5. The highest BCUT2D eigenvalue weighted by Gasteiger charge is 2.15. The summed E-state index contributed by atoms with van der Waals surface area (Å²) in [5.41, 5.74) is -0.0438. The average Bonchev–Trinajstić information content (AvgIpc) is 2.72. The maximum absolute atomic E-state index is 13.5. The number of halogens is 2. The van der Waals surface area contributed by atoms with Crippen LogP contribution < -0.4 is 5.32 Å². The summed E-state index contributed by atoms with van der Waals surface area (Å²) in [7, 11) is 0. The monoisotopic (exact) mass is 313 g/mol. The number of aryl methyl sites for hydroxylation is 1. The van der Waals surface area contributed by atoms with Gasteiger partial charge in [0.25, 0.3) is 5.91 Å². The highest BCUT2D eigenvalue weighted by molar-refractivity contribution is 9.10. The quantitative estimate of drug-likeness (QED) is 0.943. The zero-order chi connectivity index (χ0) is 13.1. The van der Waals surface area contributed by atoms with Crippen LogP contribution in [0.2, 0.25) is 0 Å². The van der Waals surface area contributed by atoms with E-state index in [2.05, 4.69) is 31.4 Å². The molecule has 0 saturated heterocycles. The van der Waals surface area contributed by atoms with Crippen LogP contribution in [0.1, 0.15) is 22.1 Å². The van der Waals surface area contributed by atoms with E-state index in [4.69, 9.17) is 4.52 Å². The largest absolute Gasteiger partial charge is 0.344 e. The number of benzene rings is 1. The maximum Gasteiger partial charge on any atom is 0.255 e. The van der Waals surface area contributed by atoms with Gasteiger partial charge in [0, 0.05) is 11.4 Å². The van der Waals surface area contributed by atoms with Crippen molar-refractivity contribution in [2.75, 3.05) is 0 Å². The standard InChI is InChI=1S/C11H9BrFN3O2/c1-6-15-9(16-18-6)5-14-11(17)10-7(12)3-2-4-8(10)13/h2-4H,5H2,1H3,(H,14,17). The van der Waals surface area contributed by atoms with E-state index in [1.54, 1.807) is 13.0 Å². The number of amides is 1. The van der Waals surface area contributed by atoms with E-state index < -0.39 is 11.7 Å². The summed E-state index contributed by atoms with van der Waals surface area (Å²) in [4.78, 5) is 15.7. The predicted octanol–water partition coefficient (Wildman–Crippen LogP) is 2.21. The normalized spacial score (nSPS) is 10.4. The molecule has 18 heavy (non-hydrogen) atoms. The zero-order valence-electron chi connectivity index (χ0n) is 9.41. The Hall–Kier alpha value is -1.76. The van der Waals surface area contributed by atoms with Gasteiger partial charge in [0.15, 0.2) is 5.82 Å². The first-order valence-corrected chi connectivity index (χ1v) is 5.88. The minimum Gasteiger partial charge on any atom is -0.344 e. The van der Waals surface area contributed by atoms with Gasteiger partial charge >= 0.3 is 0 Å². The number of rotatable bonds is 3. The number of carbonyl (C=O) groups excluding carboxylic acids is 1. The summed E-state index contributed by atoms with van der Waals surface area (Å²) in [6, 6.07) is 4.33. The summed E-state index contributed by atoms with van der Waals surface area (Å²) in [6.07, 6.45) is 0. The Balaban J connectivity index is 2.08. The molecule has 0 radical (unpaired) electrons. The molecule has 0 bridgehead atoms. The third-order valence-corrected chi connectivity index (χ3v) is 2.83. The topological polar surface area (TPSA) is 68.0 Å².